The lowest BCUT2D eigenvalue weighted by Gasteiger charge is -2.08. The van der Waals surface area contributed by atoms with E-state index >= 15 is 0 Å². The van der Waals surface area contributed by atoms with Crippen LogP contribution in [0.4, 0.5) is 5.13 Å². The second-order valence-electron chi connectivity index (χ2n) is 4.24. The third-order valence-corrected chi connectivity index (χ3v) is 6.13. The minimum atomic E-state index is 0.242. The van der Waals surface area contributed by atoms with Crippen molar-refractivity contribution < 1.29 is 4.74 Å². The molecular formula is C11H10ClN5OS3. The summed E-state index contributed by atoms with van der Waals surface area (Å²) in [5.74, 6) is 0. The lowest BCUT2D eigenvalue weighted by Crippen LogP contribution is -2.18. The number of anilines is 1. The minimum Gasteiger partial charge on any atom is -0.376 e. The summed E-state index contributed by atoms with van der Waals surface area (Å²) < 4.78 is 11.0. The predicted molar refractivity (Wildman–Crippen MR) is 83.3 cm³/mol. The fourth-order valence-corrected chi connectivity index (χ4v) is 4.95. The van der Waals surface area contributed by atoms with Gasteiger partial charge in [-0.2, -0.15) is 9.64 Å². The summed E-state index contributed by atoms with van der Waals surface area (Å²) in [6.07, 6.45) is 2.46. The number of hydrogen-bond acceptors (Lipinski definition) is 9. The van der Waals surface area contributed by atoms with E-state index in [1.807, 2.05) is 0 Å². The molecule has 3 heterocycles. The van der Waals surface area contributed by atoms with Crippen molar-refractivity contribution in [2.75, 3.05) is 18.5 Å². The van der Waals surface area contributed by atoms with E-state index in [0.717, 1.165) is 39.7 Å². The minimum absolute atomic E-state index is 0.242. The first-order valence-corrected chi connectivity index (χ1v) is 8.97. The van der Waals surface area contributed by atoms with Gasteiger partial charge in [-0.1, -0.05) is 22.9 Å². The second-order valence-corrected chi connectivity index (χ2v) is 7.86. The molecule has 0 bridgehead atoms. The lowest BCUT2D eigenvalue weighted by molar-refractivity contribution is 0.120. The molecule has 0 spiro atoms. The van der Waals surface area contributed by atoms with Crippen molar-refractivity contribution in [3.05, 3.63) is 10.7 Å². The highest BCUT2D eigenvalue weighted by Crippen LogP contribution is 2.38. The lowest BCUT2D eigenvalue weighted by atomic mass is 10.2. The molecule has 1 saturated heterocycles. The van der Waals surface area contributed by atoms with Crippen molar-refractivity contribution in [1.82, 2.24) is 14.6 Å². The molecule has 0 saturated carbocycles. The van der Waals surface area contributed by atoms with E-state index in [1.165, 1.54) is 34.6 Å². The monoisotopic (exact) mass is 359 g/mol. The zero-order valence-electron chi connectivity index (χ0n) is 10.7. The van der Waals surface area contributed by atoms with Gasteiger partial charge in [0.15, 0.2) is 9.49 Å². The fourth-order valence-electron chi connectivity index (χ4n) is 1.83. The molecule has 1 aliphatic rings. The molecule has 21 heavy (non-hydrogen) atoms. The molecule has 110 valence electrons. The molecule has 2 aromatic heterocycles. The molecule has 10 heteroatoms. The normalized spacial score (nSPS) is 17.8. The van der Waals surface area contributed by atoms with E-state index in [1.54, 1.807) is 0 Å². The maximum absolute atomic E-state index is 9.04. The van der Waals surface area contributed by atoms with Crippen LogP contribution >= 0.6 is 46.2 Å². The Morgan fingerprint density at radius 2 is 2.43 bits per heavy atom. The highest BCUT2D eigenvalue weighted by Gasteiger charge is 2.17. The Balaban J connectivity index is 1.60. The van der Waals surface area contributed by atoms with Gasteiger partial charge < -0.3 is 10.1 Å². The molecule has 0 amide bonds. The van der Waals surface area contributed by atoms with Crippen LogP contribution in [0, 0.1) is 11.3 Å². The van der Waals surface area contributed by atoms with Gasteiger partial charge >= 0.3 is 0 Å². The van der Waals surface area contributed by atoms with Crippen molar-refractivity contribution >= 4 is 51.4 Å². The van der Waals surface area contributed by atoms with Gasteiger partial charge in [0.1, 0.15) is 15.8 Å². The number of nitriles is 1. The van der Waals surface area contributed by atoms with E-state index in [0.29, 0.717) is 5.56 Å². The number of nitrogens with one attached hydrogen (secondary N) is 1. The van der Waals surface area contributed by atoms with Crippen LogP contribution in [0.3, 0.4) is 0 Å². The molecule has 1 atom stereocenters. The van der Waals surface area contributed by atoms with Crippen LogP contribution in [-0.4, -0.2) is 33.8 Å². The smallest absolute Gasteiger partial charge is 0.206 e. The van der Waals surface area contributed by atoms with Crippen LogP contribution in [0.2, 0.25) is 5.15 Å². The molecular weight excluding hydrogens is 350 g/mol. The SMILES string of the molecule is N#Cc1c(Cl)nsc1Sc1nnc(NCC2CCCO2)s1. The Hall–Kier alpha value is -0.920. The van der Waals surface area contributed by atoms with E-state index in [9.17, 15) is 0 Å². The number of aromatic nitrogens is 3. The van der Waals surface area contributed by atoms with Gasteiger partial charge in [-0.3, -0.25) is 0 Å². The molecule has 2 aromatic rings. The Bertz CT molecular complexity index is 661. The zero-order chi connectivity index (χ0) is 14.7. The summed E-state index contributed by atoms with van der Waals surface area (Å²) in [7, 11) is 0. The molecule has 0 radical (unpaired) electrons. The van der Waals surface area contributed by atoms with E-state index < -0.39 is 0 Å². The van der Waals surface area contributed by atoms with Gasteiger partial charge in [0, 0.05) is 13.2 Å². The predicted octanol–water partition coefficient (Wildman–Crippen LogP) is 3.26. The third-order valence-electron chi connectivity index (χ3n) is 2.82. The molecule has 0 aliphatic carbocycles. The zero-order valence-corrected chi connectivity index (χ0v) is 13.9. The Morgan fingerprint density at radius 3 is 3.19 bits per heavy atom. The van der Waals surface area contributed by atoms with Crippen molar-refractivity contribution in [2.24, 2.45) is 0 Å². The first kappa shape index (κ1) is 15.0. The first-order chi connectivity index (χ1) is 10.3. The van der Waals surface area contributed by atoms with Crippen LogP contribution in [0.25, 0.3) is 0 Å². The summed E-state index contributed by atoms with van der Waals surface area (Å²) in [4.78, 5) is 0. The number of nitrogens with zero attached hydrogens (tertiary/aromatic N) is 4. The standard InChI is InChI=1S/C11H10ClN5OS3/c12-8-7(4-13)9(21-17-8)19-11-16-15-10(20-11)14-5-6-2-1-3-18-6/h6H,1-3,5H2,(H,14,15). The Kier molecular flexibility index (Phi) is 4.92. The highest BCUT2D eigenvalue weighted by molar-refractivity contribution is 8.02. The van der Waals surface area contributed by atoms with Gasteiger partial charge in [0.2, 0.25) is 5.13 Å². The summed E-state index contributed by atoms with van der Waals surface area (Å²) in [5.41, 5.74) is 0.399. The summed E-state index contributed by atoms with van der Waals surface area (Å²) in [5, 5.41) is 21.4. The van der Waals surface area contributed by atoms with Crippen LogP contribution in [0.5, 0.6) is 0 Å². The quantitative estimate of drug-likeness (QED) is 0.876. The van der Waals surface area contributed by atoms with E-state index in [2.05, 4.69) is 26.0 Å². The van der Waals surface area contributed by atoms with Crippen LogP contribution in [0.15, 0.2) is 8.55 Å². The summed E-state index contributed by atoms with van der Waals surface area (Å²) in [6.45, 7) is 1.59. The van der Waals surface area contributed by atoms with E-state index in [4.69, 9.17) is 21.6 Å². The Morgan fingerprint density at radius 1 is 1.52 bits per heavy atom. The maximum atomic E-state index is 9.04. The van der Waals surface area contributed by atoms with Gasteiger partial charge in [0.05, 0.1) is 6.10 Å². The number of hydrogen-bond donors (Lipinski definition) is 1. The molecule has 3 rings (SSSR count). The van der Waals surface area contributed by atoms with Crippen LogP contribution < -0.4 is 5.32 Å². The van der Waals surface area contributed by atoms with Gasteiger partial charge in [0.25, 0.3) is 0 Å². The average Bonchev–Trinajstić information content (AvgIpc) is 3.19. The second kappa shape index (κ2) is 6.89. The largest absolute Gasteiger partial charge is 0.376 e. The van der Waals surface area contributed by atoms with E-state index in [-0.39, 0.29) is 11.3 Å². The highest BCUT2D eigenvalue weighted by atomic mass is 35.5. The van der Waals surface area contributed by atoms with Crippen molar-refractivity contribution in [3.8, 4) is 6.07 Å². The number of ether oxygens (including phenoxy) is 1. The van der Waals surface area contributed by atoms with Gasteiger partial charge in [-0.05, 0) is 36.1 Å². The molecule has 0 aromatic carbocycles. The summed E-state index contributed by atoms with van der Waals surface area (Å²) >= 11 is 9.84. The molecule has 1 fully saturated rings. The third kappa shape index (κ3) is 3.64. The fraction of sp³-hybridized carbons (Fsp3) is 0.455. The number of rotatable bonds is 5. The molecule has 1 aliphatic heterocycles. The summed E-state index contributed by atoms with van der Waals surface area (Å²) in [6, 6.07) is 2.05. The van der Waals surface area contributed by atoms with Crippen LogP contribution in [0.1, 0.15) is 18.4 Å². The van der Waals surface area contributed by atoms with Gasteiger partial charge in [-0.25, -0.2) is 0 Å². The van der Waals surface area contributed by atoms with Crippen LogP contribution in [-0.2, 0) is 4.74 Å². The van der Waals surface area contributed by atoms with Crippen molar-refractivity contribution in [2.45, 2.75) is 27.5 Å². The molecule has 6 nitrogen and oxygen atoms in total. The van der Waals surface area contributed by atoms with Gasteiger partial charge in [-0.15, -0.1) is 10.2 Å². The average molecular weight is 360 g/mol. The molecule has 1 unspecified atom stereocenters. The Labute approximate surface area is 138 Å². The maximum Gasteiger partial charge on any atom is 0.206 e. The topological polar surface area (TPSA) is 83.7 Å². The van der Waals surface area contributed by atoms with Crippen molar-refractivity contribution in [3.63, 3.8) is 0 Å². The van der Waals surface area contributed by atoms with Crippen molar-refractivity contribution in [1.29, 1.82) is 5.26 Å². The molecule has 1 N–H and O–H groups in total. The first-order valence-electron chi connectivity index (χ1n) is 6.18. The number of halogens is 1.